The van der Waals surface area contributed by atoms with E-state index in [1.807, 2.05) is 25.1 Å². The van der Waals surface area contributed by atoms with Gasteiger partial charge in [-0.05, 0) is 44.0 Å². The number of halogens is 1. The molecule has 2 nitrogen and oxygen atoms in total. The summed E-state index contributed by atoms with van der Waals surface area (Å²) in [5.41, 5.74) is 1.16. The van der Waals surface area contributed by atoms with E-state index in [1.54, 1.807) is 0 Å². The molecule has 1 aromatic rings. The van der Waals surface area contributed by atoms with Gasteiger partial charge in [-0.3, -0.25) is 0 Å². The zero-order valence-corrected chi connectivity index (χ0v) is 11.7. The molecule has 1 aromatic carbocycles. The molecule has 0 saturated carbocycles. The van der Waals surface area contributed by atoms with Gasteiger partial charge < -0.3 is 10.1 Å². The van der Waals surface area contributed by atoms with Crippen LogP contribution < -0.4 is 10.1 Å². The average Bonchev–Trinajstić information content (AvgIpc) is 2.25. The molecule has 1 rings (SSSR count). The molecule has 0 atom stereocenters. The predicted molar refractivity (Wildman–Crippen MR) is 74.1 cm³/mol. The second-order valence-electron chi connectivity index (χ2n) is 4.60. The van der Waals surface area contributed by atoms with Crippen molar-refractivity contribution in [1.82, 2.24) is 5.32 Å². The lowest BCUT2D eigenvalue weighted by molar-refractivity contribution is 0.305. The summed E-state index contributed by atoms with van der Waals surface area (Å²) < 4.78 is 5.64. The fourth-order valence-electron chi connectivity index (χ4n) is 1.52. The van der Waals surface area contributed by atoms with E-state index in [9.17, 15) is 0 Å². The second-order valence-corrected chi connectivity index (χ2v) is 5.01. The highest BCUT2D eigenvalue weighted by molar-refractivity contribution is 6.32. The molecule has 0 saturated heterocycles. The molecule has 0 heterocycles. The Labute approximate surface area is 109 Å². The van der Waals surface area contributed by atoms with Gasteiger partial charge >= 0.3 is 0 Å². The lowest BCUT2D eigenvalue weighted by atomic mass is 10.2. The minimum Gasteiger partial charge on any atom is -0.492 e. The molecule has 0 spiro atoms. The van der Waals surface area contributed by atoms with Crippen molar-refractivity contribution in [3.05, 3.63) is 28.8 Å². The van der Waals surface area contributed by atoms with Crippen LogP contribution in [-0.4, -0.2) is 19.2 Å². The summed E-state index contributed by atoms with van der Waals surface area (Å²) in [6.07, 6.45) is 2.17. The molecule has 0 aliphatic rings. The largest absolute Gasteiger partial charge is 0.492 e. The van der Waals surface area contributed by atoms with Gasteiger partial charge in [-0.15, -0.1) is 0 Å². The fourth-order valence-corrected chi connectivity index (χ4v) is 1.81. The Balaban J connectivity index is 2.18. The molecule has 1 N–H and O–H groups in total. The molecule has 0 aromatic heterocycles. The van der Waals surface area contributed by atoms with Gasteiger partial charge in [-0.1, -0.05) is 31.5 Å². The molecule has 0 amide bonds. The second kappa shape index (κ2) is 7.57. The van der Waals surface area contributed by atoms with E-state index >= 15 is 0 Å². The van der Waals surface area contributed by atoms with Crippen LogP contribution in [0.15, 0.2) is 18.2 Å². The Morgan fingerprint density at radius 3 is 2.71 bits per heavy atom. The van der Waals surface area contributed by atoms with Crippen molar-refractivity contribution in [2.24, 2.45) is 0 Å². The summed E-state index contributed by atoms with van der Waals surface area (Å²) in [6.45, 7) is 8.10. The SMILES string of the molecule is Cc1ccc(OCCCCNC(C)C)c(Cl)c1. The lowest BCUT2D eigenvalue weighted by Gasteiger charge is -2.10. The molecule has 0 radical (unpaired) electrons. The van der Waals surface area contributed by atoms with Crippen molar-refractivity contribution in [2.45, 2.75) is 39.7 Å². The van der Waals surface area contributed by atoms with Crippen molar-refractivity contribution >= 4 is 11.6 Å². The van der Waals surface area contributed by atoms with Gasteiger partial charge in [0.25, 0.3) is 0 Å². The van der Waals surface area contributed by atoms with Crippen LogP contribution in [-0.2, 0) is 0 Å². The molecule has 3 heteroatoms. The third kappa shape index (κ3) is 5.94. The standard InChI is InChI=1S/C14H22ClNO/c1-11(2)16-8-4-5-9-17-14-7-6-12(3)10-13(14)15/h6-7,10-11,16H,4-5,8-9H2,1-3H3. The number of rotatable bonds is 7. The Morgan fingerprint density at radius 2 is 2.06 bits per heavy atom. The smallest absolute Gasteiger partial charge is 0.137 e. The van der Waals surface area contributed by atoms with E-state index in [1.165, 1.54) is 0 Å². The van der Waals surface area contributed by atoms with Gasteiger partial charge in [0.1, 0.15) is 5.75 Å². The fraction of sp³-hybridized carbons (Fsp3) is 0.571. The van der Waals surface area contributed by atoms with Crippen LogP contribution in [0, 0.1) is 6.92 Å². The van der Waals surface area contributed by atoms with Crippen LogP contribution in [0.3, 0.4) is 0 Å². The lowest BCUT2D eigenvalue weighted by Crippen LogP contribution is -2.23. The van der Waals surface area contributed by atoms with Gasteiger partial charge in [0.2, 0.25) is 0 Å². The summed E-state index contributed by atoms with van der Waals surface area (Å²) in [6, 6.07) is 6.44. The monoisotopic (exact) mass is 255 g/mol. The van der Waals surface area contributed by atoms with Gasteiger partial charge in [-0.2, -0.15) is 0 Å². The quantitative estimate of drug-likeness (QED) is 0.749. The average molecular weight is 256 g/mol. The number of ether oxygens (including phenoxy) is 1. The predicted octanol–water partition coefficient (Wildman–Crippen LogP) is 3.81. The van der Waals surface area contributed by atoms with E-state index in [2.05, 4.69) is 19.2 Å². The summed E-state index contributed by atoms with van der Waals surface area (Å²) >= 11 is 6.07. The molecule has 0 bridgehead atoms. The maximum Gasteiger partial charge on any atom is 0.137 e. The van der Waals surface area contributed by atoms with E-state index < -0.39 is 0 Å². The number of benzene rings is 1. The summed E-state index contributed by atoms with van der Waals surface area (Å²) in [7, 11) is 0. The third-order valence-electron chi connectivity index (χ3n) is 2.47. The molecular weight excluding hydrogens is 234 g/mol. The minimum atomic E-state index is 0.558. The van der Waals surface area contributed by atoms with Crippen LogP contribution in [0.5, 0.6) is 5.75 Å². The Bertz CT molecular complexity index is 339. The Kier molecular flexibility index (Phi) is 6.38. The first-order valence-electron chi connectivity index (χ1n) is 6.22. The molecule has 0 aliphatic carbocycles. The molecule has 0 fully saturated rings. The molecule has 96 valence electrons. The number of hydrogen-bond donors (Lipinski definition) is 1. The van der Waals surface area contributed by atoms with Crippen LogP contribution in [0.25, 0.3) is 0 Å². The first kappa shape index (κ1) is 14.3. The maximum atomic E-state index is 6.07. The molecular formula is C14H22ClNO. The highest BCUT2D eigenvalue weighted by atomic mass is 35.5. The van der Waals surface area contributed by atoms with E-state index in [-0.39, 0.29) is 0 Å². The van der Waals surface area contributed by atoms with Crippen molar-refractivity contribution < 1.29 is 4.74 Å². The number of aryl methyl sites for hydroxylation is 1. The van der Waals surface area contributed by atoms with Gasteiger partial charge in [0.05, 0.1) is 11.6 Å². The summed E-state index contributed by atoms with van der Waals surface area (Å²) in [5.74, 6) is 0.786. The van der Waals surface area contributed by atoms with Crippen LogP contribution in [0.2, 0.25) is 5.02 Å². The topological polar surface area (TPSA) is 21.3 Å². The van der Waals surface area contributed by atoms with E-state index in [0.717, 1.165) is 37.3 Å². The first-order valence-corrected chi connectivity index (χ1v) is 6.59. The van der Waals surface area contributed by atoms with Gasteiger partial charge in [0, 0.05) is 6.04 Å². The van der Waals surface area contributed by atoms with Gasteiger partial charge in [0.15, 0.2) is 0 Å². The number of unbranched alkanes of at least 4 members (excludes halogenated alkanes) is 1. The normalized spacial score (nSPS) is 10.9. The van der Waals surface area contributed by atoms with Crippen molar-refractivity contribution in [3.63, 3.8) is 0 Å². The highest BCUT2D eigenvalue weighted by Gasteiger charge is 2.01. The Hall–Kier alpha value is -0.730. The maximum absolute atomic E-state index is 6.07. The first-order chi connectivity index (χ1) is 8.09. The molecule has 0 aliphatic heterocycles. The Morgan fingerprint density at radius 1 is 1.29 bits per heavy atom. The van der Waals surface area contributed by atoms with Crippen LogP contribution in [0.1, 0.15) is 32.3 Å². The number of nitrogens with one attached hydrogen (secondary N) is 1. The third-order valence-corrected chi connectivity index (χ3v) is 2.76. The van der Waals surface area contributed by atoms with Crippen molar-refractivity contribution in [1.29, 1.82) is 0 Å². The van der Waals surface area contributed by atoms with Crippen LogP contribution in [0.4, 0.5) is 0 Å². The highest BCUT2D eigenvalue weighted by Crippen LogP contribution is 2.25. The zero-order chi connectivity index (χ0) is 12.7. The van der Waals surface area contributed by atoms with Crippen molar-refractivity contribution in [2.75, 3.05) is 13.2 Å². The summed E-state index contributed by atoms with van der Waals surface area (Å²) in [5, 5.41) is 4.08. The molecule has 0 unspecified atom stereocenters. The minimum absolute atomic E-state index is 0.558. The number of hydrogen-bond acceptors (Lipinski definition) is 2. The van der Waals surface area contributed by atoms with Crippen LogP contribution >= 0.6 is 11.6 Å². The molecule has 17 heavy (non-hydrogen) atoms. The zero-order valence-electron chi connectivity index (χ0n) is 10.9. The van der Waals surface area contributed by atoms with E-state index in [4.69, 9.17) is 16.3 Å². The van der Waals surface area contributed by atoms with Gasteiger partial charge in [-0.25, -0.2) is 0 Å². The van der Waals surface area contributed by atoms with Crippen molar-refractivity contribution in [3.8, 4) is 5.75 Å². The van der Waals surface area contributed by atoms with E-state index in [0.29, 0.717) is 11.1 Å². The summed E-state index contributed by atoms with van der Waals surface area (Å²) in [4.78, 5) is 0.